The number of nitro benzene ring substituents is 1. The molecule has 2 unspecified atom stereocenters. The largest absolute Gasteiger partial charge is 0.379 e. The number of amides is 1. The molecule has 1 aliphatic carbocycles. The van der Waals surface area contributed by atoms with Crippen molar-refractivity contribution in [2.45, 2.75) is 52.2 Å². The van der Waals surface area contributed by atoms with E-state index < -0.39 is 15.9 Å². The summed E-state index contributed by atoms with van der Waals surface area (Å²) >= 11 is 0. The molecule has 9 heteroatoms. The first-order valence-corrected chi connectivity index (χ1v) is 9.31. The lowest BCUT2D eigenvalue weighted by atomic mass is 9.54. The smallest absolute Gasteiger partial charge is 0.292 e. The fourth-order valence-corrected chi connectivity index (χ4v) is 3.43. The van der Waals surface area contributed by atoms with Gasteiger partial charge in [-0.2, -0.15) is 0 Å². The van der Waals surface area contributed by atoms with Gasteiger partial charge in [0.15, 0.2) is 0 Å². The molecule has 2 atom stereocenters. The summed E-state index contributed by atoms with van der Waals surface area (Å²) in [6, 6.07) is 5.06. The van der Waals surface area contributed by atoms with Crippen LogP contribution in [0, 0.1) is 22.5 Å². The topological polar surface area (TPSA) is 120 Å². The van der Waals surface area contributed by atoms with E-state index in [1.165, 1.54) is 6.07 Å². The van der Waals surface area contributed by atoms with Gasteiger partial charge >= 0.3 is 0 Å². The third-order valence-electron chi connectivity index (χ3n) is 5.54. The number of nitro groups is 1. The van der Waals surface area contributed by atoms with E-state index in [0.717, 1.165) is 5.56 Å². The maximum absolute atomic E-state index is 12.5. The molecule has 28 heavy (non-hydrogen) atoms. The number of nitrogens with one attached hydrogen (secondary N) is 2. The van der Waals surface area contributed by atoms with Gasteiger partial charge in [0.25, 0.3) is 5.69 Å². The fraction of sp³-hybridized carbons (Fsp3) is 0.632. The van der Waals surface area contributed by atoms with Gasteiger partial charge < -0.3 is 21.1 Å². The third kappa shape index (κ3) is 4.74. The number of nitrogens with two attached hydrogens (primary N) is 1. The lowest BCUT2D eigenvalue weighted by molar-refractivity contribution is -0.384. The van der Waals surface area contributed by atoms with Crippen LogP contribution in [-0.2, 0) is 9.53 Å². The van der Waals surface area contributed by atoms with Gasteiger partial charge in [-0.25, -0.2) is 0 Å². The van der Waals surface area contributed by atoms with Gasteiger partial charge in [0.1, 0.15) is 11.2 Å². The van der Waals surface area contributed by atoms with Crippen molar-refractivity contribution in [1.29, 1.82) is 0 Å². The Morgan fingerprint density at radius 3 is 2.64 bits per heavy atom. The van der Waals surface area contributed by atoms with E-state index in [0.29, 0.717) is 38.2 Å². The number of hydrogen-bond acceptors (Lipinski definition) is 6. The molecule has 1 fully saturated rings. The van der Waals surface area contributed by atoms with Crippen LogP contribution in [0.1, 0.15) is 39.2 Å². The predicted octanol–water partition coefficient (Wildman–Crippen LogP) is 2.78. The van der Waals surface area contributed by atoms with Crippen LogP contribution in [0.5, 0.6) is 0 Å². The van der Waals surface area contributed by atoms with Crippen molar-refractivity contribution >= 4 is 29.7 Å². The highest BCUT2D eigenvalue weighted by Gasteiger charge is 2.62. The SMILES string of the molecule is CCOC1CC(N)(C(=O)NCCCNc2ccc(C)cc2[N+](=O)[O-])C1(C)C.Cl. The minimum absolute atomic E-state index is 0. The molecule has 1 amide bonds. The maximum atomic E-state index is 12.5. The maximum Gasteiger partial charge on any atom is 0.292 e. The predicted molar refractivity (Wildman–Crippen MR) is 112 cm³/mol. The van der Waals surface area contributed by atoms with Gasteiger partial charge in [-0.3, -0.25) is 14.9 Å². The summed E-state index contributed by atoms with van der Waals surface area (Å²) in [6.07, 6.45) is 1.12. The molecule has 0 heterocycles. The minimum Gasteiger partial charge on any atom is -0.379 e. The van der Waals surface area contributed by atoms with Gasteiger partial charge in [0, 0.05) is 37.6 Å². The second-order valence-corrected chi connectivity index (χ2v) is 7.66. The Kier molecular flexibility index (Phi) is 8.22. The molecule has 8 nitrogen and oxygen atoms in total. The van der Waals surface area contributed by atoms with Crippen LogP contribution in [0.15, 0.2) is 18.2 Å². The van der Waals surface area contributed by atoms with Gasteiger partial charge in [-0.15, -0.1) is 12.4 Å². The number of benzene rings is 1. The highest BCUT2D eigenvalue weighted by Crippen LogP contribution is 2.49. The zero-order valence-corrected chi connectivity index (χ0v) is 17.7. The summed E-state index contributed by atoms with van der Waals surface area (Å²) in [5, 5.41) is 17.1. The number of ether oxygens (including phenoxy) is 1. The highest BCUT2D eigenvalue weighted by molar-refractivity contribution is 5.88. The number of anilines is 1. The van der Waals surface area contributed by atoms with E-state index in [1.54, 1.807) is 6.07 Å². The third-order valence-corrected chi connectivity index (χ3v) is 5.54. The molecule has 1 aromatic carbocycles. The molecule has 1 aromatic rings. The molecule has 0 saturated heterocycles. The van der Waals surface area contributed by atoms with E-state index in [1.807, 2.05) is 33.8 Å². The molecule has 2 rings (SSSR count). The van der Waals surface area contributed by atoms with Crippen molar-refractivity contribution in [2.24, 2.45) is 11.1 Å². The van der Waals surface area contributed by atoms with E-state index in [4.69, 9.17) is 10.5 Å². The van der Waals surface area contributed by atoms with Gasteiger partial charge in [-0.1, -0.05) is 19.9 Å². The second kappa shape index (κ2) is 9.54. The number of carbonyl (C=O) groups excluding carboxylic acids is 1. The first kappa shape index (κ1) is 24.1. The number of hydrogen-bond donors (Lipinski definition) is 3. The van der Waals surface area contributed by atoms with Gasteiger partial charge in [0.2, 0.25) is 5.91 Å². The lowest BCUT2D eigenvalue weighted by Crippen LogP contribution is -2.75. The van der Waals surface area contributed by atoms with Crippen LogP contribution in [0.3, 0.4) is 0 Å². The second-order valence-electron chi connectivity index (χ2n) is 7.66. The Balaban J connectivity index is 0.00000392. The molecule has 1 saturated carbocycles. The number of carbonyl (C=O) groups is 1. The summed E-state index contributed by atoms with van der Waals surface area (Å²) < 4.78 is 5.64. The molecule has 0 radical (unpaired) electrons. The Hall–Kier alpha value is -1.90. The standard InChI is InChI=1S/C19H30N4O4.ClH/c1-5-27-16-12-19(20,18(16,3)4)17(24)22-10-6-9-21-14-8-7-13(2)11-15(14)23(25)26;/h7-8,11,16,21H,5-6,9-10,12,20H2,1-4H3,(H,22,24);1H. The monoisotopic (exact) mass is 414 g/mol. The van der Waals surface area contributed by atoms with Crippen molar-refractivity contribution in [3.05, 3.63) is 33.9 Å². The number of aryl methyl sites for hydroxylation is 1. The van der Waals surface area contributed by atoms with E-state index in [-0.39, 0.29) is 30.1 Å². The van der Waals surface area contributed by atoms with Crippen LogP contribution < -0.4 is 16.4 Å². The first-order chi connectivity index (χ1) is 12.6. The van der Waals surface area contributed by atoms with Crippen molar-refractivity contribution < 1.29 is 14.5 Å². The summed E-state index contributed by atoms with van der Waals surface area (Å²) in [5.41, 5.74) is 6.34. The Labute approximate surface area is 172 Å². The molecule has 0 aromatic heterocycles. The van der Waals surface area contributed by atoms with Crippen LogP contribution in [0.2, 0.25) is 0 Å². The molecule has 0 bridgehead atoms. The summed E-state index contributed by atoms with van der Waals surface area (Å²) in [6.45, 7) is 9.20. The summed E-state index contributed by atoms with van der Waals surface area (Å²) in [5.74, 6) is -0.176. The Morgan fingerprint density at radius 1 is 1.39 bits per heavy atom. The average Bonchev–Trinajstić information content (AvgIpc) is 2.61. The van der Waals surface area contributed by atoms with Crippen LogP contribution >= 0.6 is 12.4 Å². The fourth-order valence-electron chi connectivity index (χ4n) is 3.43. The Morgan fingerprint density at radius 2 is 2.07 bits per heavy atom. The summed E-state index contributed by atoms with van der Waals surface area (Å²) in [4.78, 5) is 23.2. The van der Waals surface area contributed by atoms with E-state index in [9.17, 15) is 14.9 Å². The number of rotatable bonds is 9. The van der Waals surface area contributed by atoms with Crippen molar-refractivity contribution in [3.63, 3.8) is 0 Å². The van der Waals surface area contributed by atoms with E-state index >= 15 is 0 Å². The number of halogens is 1. The van der Waals surface area contributed by atoms with Crippen molar-refractivity contribution in [3.8, 4) is 0 Å². The molecular formula is C19H31ClN4O4. The molecule has 158 valence electrons. The van der Waals surface area contributed by atoms with Crippen LogP contribution in [-0.4, -0.2) is 42.2 Å². The van der Waals surface area contributed by atoms with Gasteiger partial charge in [-0.05, 0) is 31.9 Å². The minimum atomic E-state index is -0.935. The molecule has 0 aliphatic heterocycles. The zero-order valence-electron chi connectivity index (χ0n) is 16.9. The number of nitrogens with zero attached hydrogens (tertiary/aromatic N) is 1. The summed E-state index contributed by atoms with van der Waals surface area (Å²) in [7, 11) is 0. The normalized spacial score (nSPS) is 22.5. The van der Waals surface area contributed by atoms with Crippen molar-refractivity contribution in [1.82, 2.24) is 5.32 Å². The van der Waals surface area contributed by atoms with Crippen LogP contribution in [0.4, 0.5) is 11.4 Å². The zero-order chi connectivity index (χ0) is 20.2. The lowest BCUT2D eigenvalue weighted by Gasteiger charge is -2.57. The quantitative estimate of drug-likeness (QED) is 0.324. The average molecular weight is 415 g/mol. The van der Waals surface area contributed by atoms with Crippen LogP contribution in [0.25, 0.3) is 0 Å². The molecule has 4 N–H and O–H groups in total. The molecule has 0 spiro atoms. The van der Waals surface area contributed by atoms with Crippen molar-refractivity contribution in [2.75, 3.05) is 25.0 Å². The molecular weight excluding hydrogens is 384 g/mol. The first-order valence-electron chi connectivity index (χ1n) is 9.31. The molecule has 1 aliphatic rings. The Bertz CT molecular complexity index is 713. The van der Waals surface area contributed by atoms with Gasteiger partial charge in [0.05, 0.1) is 11.0 Å². The highest BCUT2D eigenvalue weighted by atomic mass is 35.5. The van der Waals surface area contributed by atoms with E-state index in [2.05, 4.69) is 10.6 Å².